The van der Waals surface area contributed by atoms with Gasteiger partial charge in [0.15, 0.2) is 11.6 Å². The third kappa shape index (κ3) is 2.39. The largest absolute Gasteiger partial charge is 0.289 e. The SMILES string of the molecule is O=C1c2ccccc2C(=O)c2cc(CS(=O)(=O)O)ccc21. The lowest BCUT2D eigenvalue weighted by atomic mass is 9.83. The molecule has 0 amide bonds. The first-order valence-corrected chi connectivity index (χ1v) is 7.74. The molecule has 3 rings (SSSR count). The minimum absolute atomic E-state index is 0.167. The molecule has 106 valence electrons. The van der Waals surface area contributed by atoms with Gasteiger partial charge in [0.1, 0.15) is 5.75 Å². The molecule has 2 aromatic carbocycles. The van der Waals surface area contributed by atoms with Crippen molar-refractivity contribution in [1.82, 2.24) is 0 Å². The second-order valence-corrected chi connectivity index (χ2v) is 6.26. The van der Waals surface area contributed by atoms with E-state index in [1.807, 2.05) is 0 Å². The first kappa shape index (κ1) is 13.7. The van der Waals surface area contributed by atoms with Gasteiger partial charge in [0.25, 0.3) is 10.1 Å². The molecule has 1 aliphatic carbocycles. The van der Waals surface area contributed by atoms with E-state index in [0.717, 1.165) is 0 Å². The van der Waals surface area contributed by atoms with Crippen molar-refractivity contribution >= 4 is 21.7 Å². The van der Waals surface area contributed by atoms with Crippen molar-refractivity contribution in [2.75, 3.05) is 0 Å². The Kier molecular flexibility index (Phi) is 3.00. The average Bonchev–Trinajstić information content (AvgIpc) is 2.43. The number of hydrogen-bond acceptors (Lipinski definition) is 4. The topological polar surface area (TPSA) is 88.5 Å². The Morgan fingerprint density at radius 1 is 0.810 bits per heavy atom. The van der Waals surface area contributed by atoms with Crippen LogP contribution in [0.4, 0.5) is 0 Å². The summed E-state index contributed by atoms with van der Waals surface area (Å²) in [5.41, 5.74) is 1.32. The van der Waals surface area contributed by atoms with Crippen LogP contribution in [0.2, 0.25) is 0 Å². The van der Waals surface area contributed by atoms with E-state index >= 15 is 0 Å². The Balaban J connectivity index is 2.15. The molecule has 0 saturated carbocycles. The number of benzene rings is 2. The van der Waals surface area contributed by atoms with Gasteiger partial charge in [-0.3, -0.25) is 14.1 Å². The van der Waals surface area contributed by atoms with E-state index < -0.39 is 15.9 Å². The molecule has 0 fully saturated rings. The minimum atomic E-state index is -4.19. The van der Waals surface area contributed by atoms with Crippen LogP contribution in [-0.2, 0) is 15.9 Å². The summed E-state index contributed by atoms with van der Waals surface area (Å²) in [6.07, 6.45) is 0. The van der Waals surface area contributed by atoms with E-state index in [1.165, 1.54) is 18.2 Å². The maximum Gasteiger partial charge on any atom is 0.269 e. The van der Waals surface area contributed by atoms with Gasteiger partial charge in [0.05, 0.1) is 0 Å². The molecule has 0 heterocycles. The van der Waals surface area contributed by atoms with Crippen LogP contribution in [0.25, 0.3) is 0 Å². The van der Waals surface area contributed by atoms with Crippen molar-refractivity contribution in [2.24, 2.45) is 0 Å². The summed E-state index contributed by atoms with van der Waals surface area (Å²) in [5, 5.41) is 0. The van der Waals surface area contributed by atoms with Gasteiger partial charge in [-0.05, 0) is 17.7 Å². The molecule has 1 N–H and O–H groups in total. The maximum absolute atomic E-state index is 12.4. The van der Waals surface area contributed by atoms with Crippen molar-refractivity contribution in [2.45, 2.75) is 5.75 Å². The number of carbonyl (C=O) groups excluding carboxylic acids is 2. The van der Waals surface area contributed by atoms with Gasteiger partial charge in [-0.15, -0.1) is 0 Å². The summed E-state index contributed by atoms with van der Waals surface area (Å²) in [6, 6.07) is 10.7. The second kappa shape index (κ2) is 4.61. The summed E-state index contributed by atoms with van der Waals surface area (Å²) in [4.78, 5) is 24.7. The predicted octanol–water partition coefficient (Wildman–Crippen LogP) is 1.85. The van der Waals surface area contributed by atoms with Crippen LogP contribution >= 0.6 is 0 Å². The smallest absolute Gasteiger partial charge is 0.269 e. The first-order valence-electron chi connectivity index (χ1n) is 6.13. The lowest BCUT2D eigenvalue weighted by Gasteiger charge is -2.17. The average molecular weight is 302 g/mol. The summed E-state index contributed by atoms with van der Waals surface area (Å²) in [7, 11) is -4.19. The van der Waals surface area contributed by atoms with Crippen LogP contribution in [0.3, 0.4) is 0 Å². The van der Waals surface area contributed by atoms with E-state index in [1.54, 1.807) is 24.3 Å². The summed E-state index contributed by atoms with van der Waals surface area (Å²) in [6.45, 7) is 0. The zero-order valence-corrected chi connectivity index (χ0v) is 11.6. The van der Waals surface area contributed by atoms with E-state index in [0.29, 0.717) is 11.1 Å². The molecule has 0 aliphatic heterocycles. The molecule has 0 saturated heterocycles. The molecule has 0 spiro atoms. The zero-order valence-electron chi connectivity index (χ0n) is 10.7. The van der Waals surface area contributed by atoms with Crippen LogP contribution in [0.15, 0.2) is 42.5 Å². The fourth-order valence-electron chi connectivity index (χ4n) is 2.45. The lowest BCUT2D eigenvalue weighted by Crippen LogP contribution is -2.21. The molecule has 6 heteroatoms. The predicted molar refractivity (Wildman–Crippen MR) is 75.0 cm³/mol. The quantitative estimate of drug-likeness (QED) is 0.730. The highest BCUT2D eigenvalue weighted by molar-refractivity contribution is 7.85. The molecule has 5 nitrogen and oxygen atoms in total. The van der Waals surface area contributed by atoms with E-state index in [9.17, 15) is 18.0 Å². The van der Waals surface area contributed by atoms with E-state index in [4.69, 9.17) is 4.55 Å². The zero-order chi connectivity index (χ0) is 15.2. The molecule has 0 radical (unpaired) electrons. The molecule has 2 aromatic rings. The third-order valence-corrected chi connectivity index (χ3v) is 4.04. The summed E-state index contributed by atoms with van der Waals surface area (Å²) >= 11 is 0. The van der Waals surface area contributed by atoms with Gasteiger partial charge < -0.3 is 0 Å². The Labute approximate surface area is 121 Å². The monoisotopic (exact) mass is 302 g/mol. The van der Waals surface area contributed by atoms with Crippen molar-refractivity contribution < 1.29 is 22.6 Å². The number of hydrogen-bond donors (Lipinski definition) is 1. The van der Waals surface area contributed by atoms with Crippen LogP contribution in [0.5, 0.6) is 0 Å². The number of ketones is 2. The third-order valence-electron chi connectivity index (χ3n) is 3.34. The fraction of sp³-hybridized carbons (Fsp3) is 0.0667. The van der Waals surface area contributed by atoms with Crippen molar-refractivity contribution in [3.63, 3.8) is 0 Å². The number of fused-ring (bicyclic) bond motifs is 2. The van der Waals surface area contributed by atoms with Crippen molar-refractivity contribution in [3.8, 4) is 0 Å². The summed E-state index contributed by atoms with van der Waals surface area (Å²) < 4.78 is 30.7. The van der Waals surface area contributed by atoms with E-state index in [2.05, 4.69) is 0 Å². The standard InChI is InChI=1S/C15H10O5S/c16-14-10-3-1-2-4-11(10)15(17)13-7-9(5-6-12(13)14)8-21(18,19)20/h1-7H,8H2,(H,18,19,20). The van der Waals surface area contributed by atoms with Crippen molar-refractivity contribution in [1.29, 1.82) is 0 Å². The Morgan fingerprint density at radius 2 is 1.33 bits per heavy atom. The molecule has 21 heavy (non-hydrogen) atoms. The highest BCUT2D eigenvalue weighted by Crippen LogP contribution is 2.28. The maximum atomic E-state index is 12.4. The van der Waals surface area contributed by atoms with Crippen molar-refractivity contribution in [3.05, 3.63) is 70.3 Å². The van der Waals surface area contributed by atoms with Gasteiger partial charge >= 0.3 is 0 Å². The lowest BCUT2D eigenvalue weighted by molar-refractivity contribution is 0.0979. The van der Waals surface area contributed by atoms with Gasteiger partial charge in [-0.1, -0.05) is 30.3 Å². The Bertz CT molecular complexity index is 881. The van der Waals surface area contributed by atoms with Gasteiger partial charge in [0, 0.05) is 22.3 Å². The first-order chi connectivity index (χ1) is 9.87. The van der Waals surface area contributed by atoms with Crippen LogP contribution in [0, 0.1) is 0 Å². The summed E-state index contributed by atoms with van der Waals surface area (Å²) in [5.74, 6) is -1.18. The van der Waals surface area contributed by atoms with Crippen LogP contribution in [-0.4, -0.2) is 24.5 Å². The molecular formula is C15H10O5S. The molecule has 0 unspecified atom stereocenters. The van der Waals surface area contributed by atoms with Gasteiger partial charge in [0.2, 0.25) is 0 Å². The van der Waals surface area contributed by atoms with Gasteiger partial charge in [-0.25, -0.2) is 0 Å². The van der Waals surface area contributed by atoms with E-state index in [-0.39, 0.29) is 28.3 Å². The number of carbonyl (C=O) groups is 2. The normalized spacial score (nSPS) is 13.8. The minimum Gasteiger partial charge on any atom is -0.289 e. The Hall–Kier alpha value is -2.31. The highest BCUT2D eigenvalue weighted by Gasteiger charge is 2.29. The molecule has 0 bridgehead atoms. The van der Waals surface area contributed by atoms with Crippen LogP contribution < -0.4 is 0 Å². The Morgan fingerprint density at radius 3 is 1.90 bits per heavy atom. The van der Waals surface area contributed by atoms with Crippen LogP contribution in [0.1, 0.15) is 37.4 Å². The molecule has 1 aliphatic rings. The van der Waals surface area contributed by atoms with Gasteiger partial charge in [-0.2, -0.15) is 8.42 Å². The molecular weight excluding hydrogens is 292 g/mol. The highest BCUT2D eigenvalue weighted by atomic mass is 32.2. The fourth-order valence-corrected chi connectivity index (χ4v) is 3.05. The molecule has 0 aromatic heterocycles. The number of rotatable bonds is 2. The molecule has 0 atom stereocenters. The second-order valence-electron chi connectivity index (χ2n) is 4.81.